The van der Waals surface area contributed by atoms with Crippen LogP contribution < -0.4 is 3.71 Å². The van der Waals surface area contributed by atoms with Gasteiger partial charge in [-0.1, -0.05) is 12.1 Å². The lowest BCUT2D eigenvalue weighted by molar-refractivity contribution is 0.0833. The molecule has 0 unspecified atom stereocenters. The van der Waals surface area contributed by atoms with Crippen LogP contribution in [0.25, 0.3) is 0 Å². The summed E-state index contributed by atoms with van der Waals surface area (Å²) < 4.78 is 52.0. The number of nitrogens with zero attached hydrogens (tertiary/aromatic N) is 3. The molecule has 0 aliphatic carbocycles. The first-order valence-electron chi connectivity index (χ1n) is 6.43. The number of fused-ring (bicyclic) bond motifs is 1. The predicted octanol–water partition coefficient (Wildman–Crippen LogP) is 0.408. The molecule has 0 saturated heterocycles. The molecular weight excluding hydrogens is 330 g/mol. The monoisotopic (exact) mass is 347 g/mol. The van der Waals surface area contributed by atoms with Gasteiger partial charge in [-0.3, -0.25) is 4.79 Å². The highest BCUT2D eigenvalue weighted by Crippen LogP contribution is 2.35. The number of carbonyl (C=O) groups is 1. The van der Waals surface area contributed by atoms with Gasteiger partial charge in [0.25, 0.3) is 5.91 Å². The molecule has 0 saturated carbocycles. The summed E-state index contributed by atoms with van der Waals surface area (Å²) in [5, 5.41) is 0. The van der Waals surface area contributed by atoms with Crippen molar-refractivity contribution in [3.8, 4) is 0 Å². The summed E-state index contributed by atoms with van der Waals surface area (Å²) in [6.45, 7) is 3.01. The predicted molar refractivity (Wildman–Crippen MR) is 81.8 cm³/mol. The van der Waals surface area contributed by atoms with E-state index in [-0.39, 0.29) is 11.3 Å². The Morgan fingerprint density at radius 3 is 2.18 bits per heavy atom. The number of rotatable bonds is 3. The van der Waals surface area contributed by atoms with Gasteiger partial charge in [-0.2, -0.15) is 21.1 Å². The molecule has 1 heterocycles. The van der Waals surface area contributed by atoms with Crippen molar-refractivity contribution in [1.29, 1.82) is 0 Å². The van der Waals surface area contributed by atoms with Crippen LogP contribution in [-0.4, -0.2) is 51.5 Å². The van der Waals surface area contributed by atoms with E-state index in [2.05, 4.69) is 0 Å². The van der Waals surface area contributed by atoms with Crippen LogP contribution in [0.15, 0.2) is 24.3 Å². The number of hydrogen-bond acceptors (Lipinski definition) is 5. The van der Waals surface area contributed by atoms with Crippen LogP contribution in [0, 0.1) is 0 Å². The van der Waals surface area contributed by atoms with E-state index in [1.54, 1.807) is 6.07 Å². The summed E-state index contributed by atoms with van der Waals surface area (Å²) >= 11 is 0. The Hall–Kier alpha value is -1.65. The first kappa shape index (κ1) is 16.7. The first-order chi connectivity index (χ1) is 10.0. The minimum atomic E-state index is -4.54. The molecule has 0 radical (unpaired) electrons. The van der Waals surface area contributed by atoms with Crippen LogP contribution in [0.5, 0.6) is 0 Å². The van der Waals surface area contributed by atoms with E-state index in [9.17, 15) is 21.6 Å². The molecule has 8 nitrogen and oxygen atoms in total. The Morgan fingerprint density at radius 1 is 1.14 bits per heavy atom. The van der Waals surface area contributed by atoms with Gasteiger partial charge < -0.3 is 0 Å². The van der Waals surface area contributed by atoms with E-state index in [1.165, 1.54) is 46.1 Å². The topological polar surface area (TPSA) is 95.1 Å². The van der Waals surface area contributed by atoms with Crippen molar-refractivity contribution in [2.24, 2.45) is 0 Å². The standard InChI is InChI=1S/C12H17N3O5S2/c1-9(2)14-12(16)10-7-5-6-8-11(10)15(22(14,19)20)21(17,18)13(3)4/h5-9H,1-4H3. The summed E-state index contributed by atoms with van der Waals surface area (Å²) in [4.78, 5) is 12.4. The van der Waals surface area contributed by atoms with Crippen LogP contribution in [0.1, 0.15) is 24.2 Å². The Balaban J connectivity index is 2.87. The highest BCUT2D eigenvalue weighted by atomic mass is 32.3. The van der Waals surface area contributed by atoms with Gasteiger partial charge in [-0.05, 0) is 26.0 Å². The zero-order valence-corrected chi connectivity index (χ0v) is 14.2. The minimum Gasteiger partial charge on any atom is -0.268 e. The second-order valence-electron chi connectivity index (χ2n) is 5.21. The fourth-order valence-electron chi connectivity index (χ4n) is 2.13. The van der Waals surface area contributed by atoms with Crippen LogP contribution in [0.2, 0.25) is 0 Å². The van der Waals surface area contributed by atoms with E-state index in [4.69, 9.17) is 0 Å². The fourth-order valence-corrected chi connectivity index (χ4v) is 5.81. The van der Waals surface area contributed by atoms with Gasteiger partial charge in [-0.25, -0.2) is 4.31 Å². The van der Waals surface area contributed by atoms with E-state index < -0.39 is 32.4 Å². The zero-order chi connectivity index (χ0) is 16.9. The molecule has 1 aliphatic rings. The minimum absolute atomic E-state index is 0.0245. The summed E-state index contributed by atoms with van der Waals surface area (Å²) in [5.74, 6) is -0.740. The quantitative estimate of drug-likeness (QED) is 0.789. The lowest BCUT2D eigenvalue weighted by Crippen LogP contribution is -2.57. The number of benzene rings is 1. The smallest absolute Gasteiger partial charge is 0.268 e. The van der Waals surface area contributed by atoms with E-state index >= 15 is 0 Å². The molecule has 0 bridgehead atoms. The number of para-hydroxylation sites is 1. The molecule has 0 aromatic heterocycles. The van der Waals surface area contributed by atoms with Crippen molar-refractivity contribution < 1.29 is 21.6 Å². The first-order valence-corrected chi connectivity index (χ1v) is 9.23. The van der Waals surface area contributed by atoms with Gasteiger partial charge in [0.15, 0.2) is 0 Å². The second-order valence-corrected chi connectivity index (χ2v) is 9.08. The molecule has 1 aliphatic heterocycles. The van der Waals surface area contributed by atoms with Gasteiger partial charge in [0.05, 0.1) is 11.3 Å². The maximum atomic E-state index is 12.7. The van der Waals surface area contributed by atoms with Crippen molar-refractivity contribution >= 4 is 32.0 Å². The van der Waals surface area contributed by atoms with Gasteiger partial charge in [0.1, 0.15) is 0 Å². The molecule has 2 rings (SSSR count). The van der Waals surface area contributed by atoms with E-state index in [0.29, 0.717) is 8.02 Å². The lowest BCUT2D eigenvalue weighted by atomic mass is 10.1. The van der Waals surface area contributed by atoms with Gasteiger partial charge in [-0.15, -0.1) is 3.71 Å². The summed E-state index contributed by atoms with van der Waals surface area (Å²) in [7, 11) is -6.42. The van der Waals surface area contributed by atoms with Gasteiger partial charge in [0, 0.05) is 20.1 Å². The second kappa shape index (κ2) is 5.21. The molecule has 0 atom stereocenters. The molecule has 22 heavy (non-hydrogen) atoms. The highest BCUT2D eigenvalue weighted by molar-refractivity contribution is 8.08. The zero-order valence-electron chi connectivity index (χ0n) is 12.6. The molecule has 0 N–H and O–H groups in total. The summed E-state index contributed by atoms with van der Waals surface area (Å²) in [6, 6.07) is 5.01. The summed E-state index contributed by atoms with van der Waals surface area (Å²) in [5.41, 5.74) is -0.144. The molecular formula is C12H17N3O5S2. The number of carbonyl (C=O) groups excluding carboxylic acids is 1. The van der Waals surface area contributed by atoms with Crippen molar-refractivity contribution in [3.63, 3.8) is 0 Å². The molecule has 1 aromatic rings. The molecule has 122 valence electrons. The largest absolute Gasteiger partial charge is 0.343 e. The Bertz CT molecular complexity index is 815. The third kappa shape index (κ3) is 2.27. The molecule has 1 aromatic carbocycles. The van der Waals surface area contributed by atoms with Gasteiger partial charge >= 0.3 is 20.4 Å². The van der Waals surface area contributed by atoms with Crippen molar-refractivity contribution in [3.05, 3.63) is 29.8 Å². The normalized spacial score (nSPS) is 18.0. The highest BCUT2D eigenvalue weighted by Gasteiger charge is 2.49. The maximum Gasteiger partial charge on any atom is 0.343 e. The Morgan fingerprint density at radius 2 is 1.68 bits per heavy atom. The average molecular weight is 347 g/mol. The Labute approximate surface area is 130 Å². The number of hydrogen-bond donors (Lipinski definition) is 0. The molecule has 1 amide bonds. The van der Waals surface area contributed by atoms with Crippen molar-refractivity contribution in [2.75, 3.05) is 17.8 Å². The van der Waals surface area contributed by atoms with Crippen LogP contribution in [-0.2, 0) is 20.4 Å². The van der Waals surface area contributed by atoms with Crippen LogP contribution in [0.4, 0.5) is 5.69 Å². The fraction of sp³-hybridized carbons (Fsp3) is 0.417. The SMILES string of the molecule is CC(C)N1C(=O)c2ccccc2N(S(=O)(=O)N(C)C)S1(=O)=O. The lowest BCUT2D eigenvalue weighted by Gasteiger charge is -2.38. The summed E-state index contributed by atoms with van der Waals surface area (Å²) in [6.07, 6.45) is 0. The third-order valence-corrected chi connectivity index (χ3v) is 7.50. The number of anilines is 1. The number of amides is 1. The molecule has 10 heteroatoms. The van der Waals surface area contributed by atoms with Crippen LogP contribution in [0.3, 0.4) is 0 Å². The third-order valence-electron chi connectivity index (χ3n) is 3.13. The average Bonchev–Trinajstić information content (AvgIpc) is 2.36. The van der Waals surface area contributed by atoms with E-state index in [0.717, 1.165) is 4.31 Å². The van der Waals surface area contributed by atoms with Crippen LogP contribution >= 0.6 is 0 Å². The van der Waals surface area contributed by atoms with E-state index in [1.807, 2.05) is 0 Å². The molecule has 0 fully saturated rings. The van der Waals surface area contributed by atoms with Crippen molar-refractivity contribution in [2.45, 2.75) is 19.9 Å². The van der Waals surface area contributed by atoms with Crippen molar-refractivity contribution in [1.82, 2.24) is 8.61 Å². The Kier molecular flexibility index (Phi) is 3.96. The maximum absolute atomic E-state index is 12.7. The van der Waals surface area contributed by atoms with Gasteiger partial charge in [0.2, 0.25) is 0 Å². The molecule has 0 spiro atoms.